The van der Waals surface area contributed by atoms with Crippen LogP contribution in [0.2, 0.25) is 0 Å². The van der Waals surface area contributed by atoms with E-state index in [0.717, 1.165) is 15.0 Å². The summed E-state index contributed by atoms with van der Waals surface area (Å²) < 4.78 is 0.933. The highest BCUT2D eigenvalue weighted by atomic mass is 79.9. The Hall–Kier alpha value is -1.20. The molecule has 2 aromatic rings. The highest BCUT2D eigenvalue weighted by molar-refractivity contribution is 9.10. The topological polar surface area (TPSA) is 42.0 Å². The fraction of sp³-hybridized carbons (Fsp3) is 0.167. The third-order valence-electron chi connectivity index (χ3n) is 2.23. The van der Waals surface area contributed by atoms with E-state index in [2.05, 4.69) is 26.2 Å². The summed E-state index contributed by atoms with van der Waals surface area (Å²) in [5.41, 5.74) is 0.852. The van der Waals surface area contributed by atoms with Gasteiger partial charge in [-0.2, -0.15) is 0 Å². The molecule has 0 aliphatic heterocycles. The molecule has 1 N–H and O–H groups in total. The van der Waals surface area contributed by atoms with Gasteiger partial charge in [-0.3, -0.25) is 4.79 Å². The van der Waals surface area contributed by atoms with E-state index in [1.54, 1.807) is 6.07 Å². The zero-order chi connectivity index (χ0) is 12.4. The first-order chi connectivity index (χ1) is 8.06. The number of carbonyl (C=O) groups excluding carboxylic acids is 1. The fourth-order valence-electron chi connectivity index (χ4n) is 1.35. The molecule has 2 aromatic heterocycles. The van der Waals surface area contributed by atoms with Crippen LogP contribution in [0.15, 0.2) is 28.7 Å². The first kappa shape index (κ1) is 12.3. The van der Waals surface area contributed by atoms with Crippen LogP contribution < -0.4 is 5.32 Å². The van der Waals surface area contributed by atoms with Crippen molar-refractivity contribution >= 4 is 39.0 Å². The van der Waals surface area contributed by atoms with Crippen molar-refractivity contribution in [3.8, 4) is 0 Å². The Morgan fingerprint density at radius 1 is 1.29 bits per heavy atom. The molecule has 0 aliphatic rings. The molecular weight excluding hydrogens is 300 g/mol. The maximum Gasteiger partial charge on any atom is 0.266 e. The highest BCUT2D eigenvalue weighted by Gasteiger charge is 2.09. The number of pyridine rings is 1. The predicted octanol–water partition coefficient (Wildman–Crippen LogP) is 3.77. The van der Waals surface area contributed by atoms with Crippen molar-refractivity contribution in [2.24, 2.45) is 0 Å². The van der Waals surface area contributed by atoms with Crippen LogP contribution in [0.5, 0.6) is 0 Å². The van der Waals surface area contributed by atoms with Crippen LogP contribution in [0.4, 0.5) is 5.82 Å². The Bertz CT molecular complexity index is 565. The van der Waals surface area contributed by atoms with E-state index in [1.165, 1.54) is 11.3 Å². The zero-order valence-corrected chi connectivity index (χ0v) is 11.9. The molecule has 3 nitrogen and oxygen atoms in total. The number of carbonyl (C=O) groups is 1. The number of aryl methyl sites for hydroxylation is 2. The predicted molar refractivity (Wildman–Crippen MR) is 73.7 cm³/mol. The normalized spacial score (nSPS) is 10.3. The van der Waals surface area contributed by atoms with Gasteiger partial charge >= 0.3 is 0 Å². The van der Waals surface area contributed by atoms with E-state index in [4.69, 9.17) is 0 Å². The zero-order valence-electron chi connectivity index (χ0n) is 9.45. The van der Waals surface area contributed by atoms with Gasteiger partial charge < -0.3 is 5.32 Å². The van der Waals surface area contributed by atoms with Crippen LogP contribution >= 0.6 is 27.3 Å². The number of amides is 1. The highest BCUT2D eigenvalue weighted by Crippen LogP contribution is 2.19. The molecule has 0 fully saturated rings. The number of thiophene rings is 1. The van der Waals surface area contributed by atoms with Crippen LogP contribution in [-0.2, 0) is 0 Å². The number of rotatable bonds is 2. The van der Waals surface area contributed by atoms with Crippen LogP contribution in [-0.4, -0.2) is 10.9 Å². The minimum Gasteiger partial charge on any atom is -0.306 e. The van der Waals surface area contributed by atoms with Gasteiger partial charge in [0.15, 0.2) is 0 Å². The number of nitrogens with zero attached hydrogens (tertiary/aromatic N) is 1. The van der Waals surface area contributed by atoms with E-state index in [0.29, 0.717) is 10.7 Å². The minimum absolute atomic E-state index is 0.114. The van der Waals surface area contributed by atoms with Crippen molar-refractivity contribution < 1.29 is 4.79 Å². The Balaban J connectivity index is 2.15. The molecular formula is C12H11BrN2OS. The Labute approximate surface area is 112 Å². The van der Waals surface area contributed by atoms with Gasteiger partial charge in [0.05, 0.1) is 10.6 Å². The van der Waals surface area contributed by atoms with Gasteiger partial charge in [-0.25, -0.2) is 4.98 Å². The number of aromatic nitrogens is 1. The summed E-state index contributed by atoms with van der Waals surface area (Å²) in [6.07, 6.45) is 0. The van der Waals surface area contributed by atoms with Crippen LogP contribution in [0.1, 0.15) is 20.2 Å². The summed E-state index contributed by atoms with van der Waals surface area (Å²) in [5.74, 6) is 0.457. The molecule has 17 heavy (non-hydrogen) atoms. The SMILES string of the molecule is Cc1ccc(C(=O)Nc2ccc(Br)c(C)n2)s1. The molecule has 2 heterocycles. The lowest BCUT2D eigenvalue weighted by Crippen LogP contribution is -2.11. The van der Waals surface area contributed by atoms with E-state index in [9.17, 15) is 4.79 Å². The van der Waals surface area contributed by atoms with Gasteiger partial charge in [-0.05, 0) is 54.0 Å². The average Bonchev–Trinajstić information content (AvgIpc) is 2.70. The molecule has 2 rings (SSSR count). The summed E-state index contributed by atoms with van der Waals surface area (Å²) >= 11 is 4.84. The fourth-order valence-corrected chi connectivity index (χ4v) is 2.33. The second-order valence-electron chi connectivity index (χ2n) is 3.63. The van der Waals surface area contributed by atoms with E-state index >= 15 is 0 Å². The summed E-state index contributed by atoms with van der Waals surface area (Å²) in [7, 11) is 0. The van der Waals surface area contributed by atoms with Crippen molar-refractivity contribution in [2.45, 2.75) is 13.8 Å². The number of halogens is 1. The number of hydrogen-bond acceptors (Lipinski definition) is 3. The molecule has 0 saturated heterocycles. The first-order valence-electron chi connectivity index (χ1n) is 5.07. The number of hydrogen-bond donors (Lipinski definition) is 1. The summed E-state index contributed by atoms with van der Waals surface area (Å²) in [6, 6.07) is 7.40. The molecule has 0 radical (unpaired) electrons. The molecule has 0 aromatic carbocycles. The standard InChI is InChI=1S/C12H11BrN2OS/c1-7-3-5-10(17-7)12(16)15-11-6-4-9(13)8(2)14-11/h3-6H,1-2H3,(H,14,15,16). The third-order valence-corrected chi connectivity index (χ3v) is 4.06. The molecule has 0 bridgehead atoms. The average molecular weight is 311 g/mol. The van der Waals surface area contributed by atoms with Crippen LogP contribution in [0, 0.1) is 13.8 Å². The summed E-state index contributed by atoms with van der Waals surface area (Å²) in [4.78, 5) is 18.0. The van der Waals surface area contributed by atoms with Gasteiger partial charge in [0, 0.05) is 9.35 Å². The summed E-state index contributed by atoms with van der Waals surface area (Å²) in [6.45, 7) is 3.86. The van der Waals surface area contributed by atoms with Gasteiger partial charge in [0.1, 0.15) is 5.82 Å². The molecule has 5 heteroatoms. The number of nitrogens with one attached hydrogen (secondary N) is 1. The molecule has 0 unspecified atom stereocenters. The van der Waals surface area contributed by atoms with Crippen molar-refractivity contribution in [2.75, 3.05) is 5.32 Å². The van der Waals surface area contributed by atoms with Crippen molar-refractivity contribution in [1.29, 1.82) is 0 Å². The first-order valence-corrected chi connectivity index (χ1v) is 6.68. The molecule has 88 valence electrons. The van der Waals surface area contributed by atoms with E-state index < -0.39 is 0 Å². The van der Waals surface area contributed by atoms with E-state index in [-0.39, 0.29) is 5.91 Å². The lowest BCUT2D eigenvalue weighted by Gasteiger charge is -2.04. The quantitative estimate of drug-likeness (QED) is 0.917. The number of anilines is 1. The van der Waals surface area contributed by atoms with Crippen molar-refractivity contribution in [3.63, 3.8) is 0 Å². The molecule has 1 amide bonds. The second-order valence-corrected chi connectivity index (χ2v) is 5.77. The van der Waals surface area contributed by atoms with Crippen LogP contribution in [0.25, 0.3) is 0 Å². The lowest BCUT2D eigenvalue weighted by atomic mass is 10.3. The summed E-state index contributed by atoms with van der Waals surface area (Å²) in [5, 5.41) is 2.78. The van der Waals surface area contributed by atoms with Gasteiger partial charge in [-0.1, -0.05) is 0 Å². The van der Waals surface area contributed by atoms with Crippen molar-refractivity contribution in [3.05, 3.63) is 44.2 Å². The lowest BCUT2D eigenvalue weighted by molar-refractivity contribution is 0.103. The third kappa shape index (κ3) is 2.92. The molecule has 0 atom stereocenters. The Kier molecular flexibility index (Phi) is 3.59. The minimum atomic E-state index is -0.114. The molecule has 0 aliphatic carbocycles. The molecule has 0 saturated carbocycles. The van der Waals surface area contributed by atoms with Crippen molar-refractivity contribution in [1.82, 2.24) is 4.98 Å². The smallest absolute Gasteiger partial charge is 0.266 e. The maximum absolute atomic E-state index is 11.9. The van der Waals surface area contributed by atoms with Crippen LogP contribution in [0.3, 0.4) is 0 Å². The Morgan fingerprint density at radius 2 is 2.06 bits per heavy atom. The second kappa shape index (κ2) is 4.98. The van der Waals surface area contributed by atoms with Gasteiger partial charge in [-0.15, -0.1) is 11.3 Å². The van der Waals surface area contributed by atoms with E-state index in [1.807, 2.05) is 32.0 Å². The molecule has 0 spiro atoms. The maximum atomic E-state index is 11.9. The Morgan fingerprint density at radius 3 is 2.65 bits per heavy atom. The monoisotopic (exact) mass is 310 g/mol. The van der Waals surface area contributed by atoms with Gasteiger partial charge in [0.2, 0.25) is 0 Å². The van der Waals surface area contributed by atoms with Gasteiger partial charge in [0.25, 0.3) is 5.91 Å². The largest absolute Gasteiger partial charge is 0.306 e.